The number of aromatic nitrogens is 2. The average Bonchev–Trinajstić information content (AvgIpc) is 2.74. The van der Waals surface area contributed by atoms with Gasteiger partial charge in [0.25, 0.3) is 5.56 Å². The third-order valence-electron chi connectivity index (χ3n) is 2.93. The van der Waals surface area contributed by atoms with Crippen molar-refractivity contribution in [2.45, 2.75) is 24.9 Å². The maximum Gasteiger partial charge on any atom is 0.330 e. The fourth-order valence-electron chi connectivity index (χ4n) is 1.95. The molecule has 1 fully saturated rings. The molecule has 1 aliphatic heterocycles. The second-order valence-corrected chi connectivity index (χ2v) is 4.88. The molecule has 2 heterocycles. The van der Waals surface area contributed by atoms with Crippen LogP contribution in [0.2, 0.25) is 0 Å². The van der Waals surface area contributed by atoms with E-state index in [-0.39, 0.29) is 13.0 Å². The molecule has 0 bridgehead atoms. The Kier molecular flexibility index (Phi) is 4.55. The minimum absolute atomic E-state index is 0.185. The van der Waals surface area contributed by atoms with Crippen molar-refractivity contribution in [3.05, 3.63) is 36.7 Å². The van der Waals surface area contributed by atoms with Gasteiger partial charge in [0.1, 0.15) is 12.3 Å². The van der Waals surface area contributed by atoms with Crippen molar-refractivity contribution in [2.24, 2.45) is 0 Å². The molecule has 0 spiro atoms. The van der Waals surface area contributed by atoms with Gasteiger partial charge in [0.15, 0.2) is 0 Å². The predicted molar refractivity (Wildman–Crippen MR) is 76.0 cm³/mol. The van der Waals surface area contributed by atoms with Crippen LogP contribution in [0.3, 0.4) is 0 Å². The van der Waals surface area contributed by atoms with Crippen LogP contribution in [0.25, 0.3) is 6.08 Å². The second kappa shape index (κ2) is 5.99. The van der Waals surface area contributed by atoms with E-state index in [1.165, 1.54) is 10.8 Å². The molecule has 0 unspecified atom stereocenters. The van der Waals surface area contributed by atoms with Crippen LogP contribution < -0.4 is 11.2 Å². The highest BCUT2D eigenvalue weighted by Crippen LogP contribution is 2.27. The van der Waals surface area contributed by atoms with Crippen molar-refractivity contribution in [3.63, 3.8) is 0 Å². The molecule has 3 atom stereocenters. The van der Waals surface area contributed by atoms with E-state index in [9.17, 15) is 14.7 Å². The quantitative estimate of drug-likeness (QED) is 0.619. The van der Waals surface area contributed by atoms with E-state index in [4.69, 9.17) is 9.84 Å². The average molecular weight is 380 g/mol. The van der Waals surface area contributed by atoms with Gasteiger partial charge in [0, 0.05) is 12.6 Å². The van der Waals surface area contributed by atoms with Gasteiger partial charge in [0.2, 0.25) is 0 Å². The van der Waals surface area contributed by atoms with E-state index in [1.807, 2.05) is 22.6 Å². The number of halogens is 1. The van der Waals surface area contributed by atoms with Gasteiger partial charge in [-0.05, 0) is 10.2 Å². The molecule has 1 saturated heterocycles. The van der Waals surface area contributed by atoms with Crippen molar-refractivity contribution >= 4 is 28.7 Å². The zero-order chi connectivity index (χ0) is 14.0. The lowest BCUT2D eigenvalue weighted by Gasteiger charge is -2.14. The summed E-state index contributed by atoms with van der Waals surface area (Å²) in [5.74, 6) is 0. The third kappa shape index (κ3) is 2.96. The van der Waals surface area contributed by atoms with Gasteiger partial charge >= 0.3 is 5.69 Å². The van der Waals surface area contributed by atoms with Crippen LogP contribution in [-0.2, 0) is 4.74 Å². The topological polar surface area (TPSA) is 105 Å². The molecule has 104 valence electrons. The highest BCUT2D eigenvalue weighted by atomic mass is 127. The predicted octanol–water partition coefficient (Wildman–Crippen LogP) is -0.417. The number of hydrogen-bond acceptors (Lipinski definition) is 5. The molecule has 0 aliphatic carbocycles. The van der Waals surface area contributed by atoms with Crippen molar-refractivity contribution in [3.8, 4) is 0 Å². The van der Waals surface area contributed by atoms with Crippen molar-refractivity contribution in [2.75, 3.05) is 6.61 Å². The summed E-state index contributed by atoms with van der Waals surface area (Å²) in [6, 6.07) is 0. The summed E-state index contributed by atoms with van der Waals surface area (Å²) in [4.78, 5) is 25.5. The molecule has 0 amide bonds. The second-order valence-electron chi connectivity index (χ2n) is 4.16. The number of rotatable bonds is 3. The monoisotopic (exact) mass is 380 g/mol. The lowest BCUT2D eigenvalue weighted by atomic mass is 10.2. The highest BCUT2D eigenvalue weighted by molar-refractivity contribution is 14.1. The van der Waals surface area contributed by atoms with Gasteiger partial charge in [-0.3, -0.25) is 14.3 Å². The summed E-state index contributed by atoms with van der Waals surface area (Å²) in [5, 5.41) is 18.7. The van der Waals surface area contributed by atoms with Crippen LogP contribution >= 0.6 is 22.6 Å². The Labute approximate surface area is 121 Å². The van der Waals surface area contributed by atoms with E-state index in [0.717, 1.165) is 0 Å². The summed E-state index contributed by atoms with van der Waals surface area (Å²) in [6.07, 6.45) is 0.880. The van der Waals surface area contributed by atoms with Gasteiger partial charge in [-0.15, -0.1) is 0 Å². The number of aliphatic hydroxyl groups is 2. The largest absolute Gasteiger partial charge is 0.394 e. The summed E-state index contributed by atoms with van der Waals surface area (Å²) in [5.41, 5.74) is -0.766. The Bertz CT molecular complexity index is 593. The number of H-pyrrole nitrogens is 1. The van der Waals surface area contributed by atoms with Crippen molar-refractivity contribution < 1.29 is 14.9 Å². The van der Waals surface area contributed by atoms with Gasteiger partial charge in [-0.2, -0.15) is 0 Å². The fourth-order valence-corrected chi connectivity index (χ4v) is 2.34. The molecule has 2 rings (SSSR count). The molecule has 1 aromatic heterocycles. The molecule has 7 nitrogen and oxygen atoms in total. The van der Waals surface area contributed by atoms with Gasteiger partial charge in [-0.25, -0.2) is 4.79 Å². The molecular weight excluding hydrogens is 367 g/mol. The highest BCUT2D eigenvalue weighted by Gasteiger charge is 2.35. The molecule has 3 N–H and O–H groups in total. The first-order valence-electron chi connectivity index (χ1n) is 5.63. The lowest BCUT2D eigenvalue weighted by molar-refractivity contribution is -0.0459. The smallest absolute Gasteiger partial charge is 0.330 e. The lowest BCUT2D eigenvalue weighted by Crippen LogP contribution is -2.33. The summed E-state index contributed by atoms with van der Waals surface area (Å²) >= 11 is 1.96. The summed E-state index contributed by atoms with van der Waals surface area (Å²) in [6.45, 7) is -0.323. The van der Waals surface area contributed by atoms with E-state index >= 15 is 0 Å². The van der Waals surface area contributed by atoms with E-state index in [1.54, 1.807) is 10.2 Å². The van der Waals surface area contributed by atoms with Crippen molar-refractivity contribution in [1.29, 1.82) is 0 Å². The van der Waals surface area contributed by atoms with Gasteiger partial charge in [0.05, 0.1) is 18.3 Å². The SMILES string of the molecule is O=c1[nH]c(=O)n([C@H]2C[C@H](O)[C@@H](CO)O2)cc1/C=C/I. The van der Waals surface area contributed by atoms with Crippen LogP contribution in [0.1, 0.15) is 18.2 Å². The molecule has 1 aliphatic rings. The zero-order valence-electron chi connectivity index (χ0n) is 9.82. The Morgan fingerprint density at radius 1 is 1.58 bits per heavy atom. The van der Waals surface area contributed by atoms with Crippen LogP contribution in [0.5, 0.6) is 0 Å². The number of aliphatic hydroxyl groups excluding tert-OH is 2. The molecule has 0 radical (unpaired) electrons. The first kappa shape index (κ1) is 14.4. The maximum atomic E-state index is 11.7. The van der Waals surface area contributed by atoms with Crippen molar-refractivity contribution in [1.82, 2.24) is 9.55 Å². The Morgan fingerprint density at radius 3 is 2.89 bits per heavy atom. The van der Waals surface area contributed by atoms with E-state index in [2.05, 4.69) is 4.98 Å². The first-order valence-corrected chi connectivity index (χ1v) is 6.88. The van der Waals surface area contributed by atoms with Crippen LogP contribution in [-0.4, -0.2) is 38.6 Å². The van der Waals surface area contributed by atoms with Crippen LogP contribution in [0.15, 0.2) is 19.9 Å². The molecule has 1 aromatic rings. The maximum absolute atomic E-state index is 11.7. The van der Waals surface area contributed by atoms with Crippen LogP contribution in [0, 0.1) is 0 Å². The normalized spacial score (nSPS) is 27.2. The molecule has 19 heavy (non-hydrogen) atoms. The Morgan fingerprint density at radius 2 is 2.32 bits per heavy atom. The van der Waals surface area contributed by atoms with Crippen LogP contribution in [0.4, 0.5) is 0 Å². The number of nitrogens with zero attached hydrogens (tertiary/aromatic N) is 1. The standard InChI is InChI=1S/C11H13IN2O5/c12-2-1-6-4-14(11(18)13-10(6)17)9-3-7(16)8(5-15)19-9/h1-2,4,7-9,15-16H,3,5H2,(H,13,17,18)/b2-1+/t7-,8+,9+/m0/s1. The fraction of sp³-hybridized carbons (Fsp3) is 0.455. The van der Waals surface area contributed by atoms with E-state index < -0.39 is 29.7 Å². The minimum atomic E-state index is -0.836. The summed E-state index contributed by atoms with van der Waals surface area (Å²) in [7, 11) is 0. The molecule has 0 aromatic carbocycles. The number of ether oxygens (including phenoxy) is 1. The van der Waals surface area contributed by atoms with Gasteiger partial charge < -0.3 is 14.9 Å². The zero-order valence-corrected chi connectivity index (χ0v) is 12.0. The molecular formula is C11H13IN2O5. The molecule has 0 saturated carbocycles. The minimum Gasteiger partial charge on any atom is -0.394 e. The van der Waals surface area contributed by atoms with Gasteiger partial charge in [-0.1, -0.05) is 22.6 Å². The molecule has 8 heteroatoms. The third-order valence-corrected chi connectivity index (χ3v) is 3.29. The number of aromatic amines is 1. The van der Waals surface area contributed by atoms with E-state index in [0.29, 0.717) is 5.56 Å². The Hall–Kier alpha value is -0.970. The number of nitrogens with one attached hydrogen (secondary N) is 1. The Balaban J connectivity index is 2.38. The first-order chi connectivity index (χ1) is 9.06. The summed E-state index contributed by atoms with van der Waals surface area (Å²) < 4.78 is 8.24. The number of hydrogen-bond donors (Lipinski definition) is 3.